The second-order valence-electron chi connectivity index (χ2n) is 10.3. The molecule has 1 aromatic heterocycles. The van der Waals surface area contributed by atoms with Gasteiger partial charge in [0.25, 0.3) is 0 Å². The summed E-state index contributed by atoms with van der Waals surface area (Å²) in [5.41, 5.74) is 10.7. The topological polar surface area (TPSA) is 26.2 Å². The van der Waals surface area contributed by atoms with Crippen LogP contribution in [0.2, 0.25) is 0 Å². The van der Waals surface area contributed by atoms with Crippen LogP contribution in [-0.2, 0) is 24.1 Å². The maximum atomic E-state index is 5.58. The number of hydrogen-bond acceptors (Lipinski definition) is 2. The highest BCUT2D eigenvalue weighted by atomic mass is 16.5. The molecule has 1 N–H and O–H groups in total. The highest BCUT2D eigenvalue weighted by Gasteiger charge is 2.34. The fraction of sp³-hybridized carbons (Fsp3) is 0.226. The van der Waals surface area contributed by atoms with Gasteiger partial charge in [0.15, 0.2) is 0 Å². The van der Waals surface area contributed by atoms with Gasteiger partial charge in [-0.15, -0.1) is 0 Å². The Kier molecular flexibility index (Phi) is 4.37. The molecule has 0 saturated carbocycles. The van der Waals surface area contributed by atoms with E-state index in [1.807, 2.05) is 0 Å². The molecule has 1 fully saturated rings. The quantitative estimate of drug-likeness (QED) is 0.315. The van der Waals surface area contributed by atoms with E-state index in [0.29, 0.717) is 0 Å². The van der Waals surface area contributed by atoms with E-state index in [9.17, 15) is 0 Å². The van der Waals surface area contributed by atoms with Crippen molar-refractivity contribution in [3.05, 3.63) is 96.1 Å². The molecule has 0 unspecified atom stereocenters. The van der Waals surface area contributed by atoms with Gasteiger partial charge in [-0.05, 0) is 59.4 Å². The van der Waals surface area contributed by atoms with Gasteiger partial charge in [-0.1, -0.05) is 67.6 Å². The fourth-order valence-corrected chi connectivity index (χ4v) is 5.82. The van der Waals surface area contributed by atoms with Crippen LogP contribution in [0.4, 0.5) is 11.4 Å². The zero-order valence-corrected chi connectivity index (χ0v) is 19.5. The van der Waals surface area contributed by atoms with Crippen molar-refractivity contribution in [1.82, 2.24) is 4.57 Å². The van der Waals surface area contributed by atoms with Crippen molar-refractivity contribution in [1.29, 1.82) is 0 Å². The lowest BCUT2D eigenvalue weighted by Gasteiger charge is -2.38. The zero-order valence-electron chi connectivity index (χ0n) is 19.5. The highest BCUT2D eigenvalue weighted by molar-refractivity contribution is 6.09. The average molecular weight is 445 g/mol. The monoisotopic (exact) mass is 444 g/mol. The van der Waals surface area contributed by atoms with Gasteiger partial charge in [0.1, 0.15) is 0 Å². The minimum Gasteiger partial charge on any atom is -0.380 e. The number of nitrogens with zero attached hydrogens (tertiary/aromatic N) is 1. The number of nitrogens with one attached hydrogen (secondary N) is 1. The summed E-state index contributed by atoms with van der Waals surface area (Å²) < 4.78 is 8.10. The Balaban J connectivity index is 1.39. The van der Waals surface area contributed by atoms with E-state index in [1.165, 1.54) is 55.4 Å². The molecule has 0 atom stereocenters. The maximum absolute atomic E-state index is 5.58. The number of anilines is 2. The minimum absolute atomic E-state index is 0.199. The molecule has 0 radical (unpaired) electrons. The predicted molar refractivity (Wildman–Crippen MR) is 141 cm³/mol. The number of benzene rings is 4. The summed E-state index contributed by atoms with van der Waals surface area (Å²) in [5, 5.41) is 6.37. The van der Waals surface area contributed by atoms with Crippen LogP contribution in [0.5, 0.6) is 0 Å². The lowest BCUT2D eigenvalue weighted by Crippen LogP contribution is -2.43. The van der Waals surface area contributed by atoms with Crippen LogP contribution in [0.3, 0.4) is 0 Å². The zero-order chi connectivity index (χ0) is 22.7. The molecule has 2 aliphatic heterocycles. The normalized spacial score (nSPS) is 16.4. The second kappa shape index (κ2) is 7.48. The summed E-state index contributed by atoms with van der Waals surface area (Å²) >= 11 is 0. The van der Waals surface area contributed by atoms with Crippen LogP contribution < -0.4 is 5.32 Å². The summed E-state index contributed by atoms with van der Waals surface area (Å²) in [6.45, 7) is 4.98. The molecule has 0 aliphatic carbocycles. The summed E-state index contributed by atoms with van der Waals surface area (Å²) in [6, 6.07) is 31.2. The average Bonchev–Trinajstić information content (AvgIpc) is 3.02. The smallest absolute Gasteiger partial charge is 0.0559 e. The molecule has 0 spiro atoms. The molecule has 168 valence electrons. The largest absolute Gasteiger partial charge is 0.380 e. The molecule has 7 rings (SSSR count). The first-order valence-electron chi connectivity index (χ1n) is 12.2. The molecule has 3 heteroatoms. The molecule has 1 saturated heterocycles. The van der Waals surface area contributed by atoms with Gasteiger partial charge >= 0.3 is 0 Å². The van der Waals surface area contributed by atoms with E-state index >= 15 is 0 Å². The third-order valence-electron chi connectivity index (χ3n) is 7.63. The molecule has 3 heterocycles. The van der Waals surface area contributed by atoms with Crippen LogP contribution in [0.1, 0.15) is 18.1 Å². The first kappa shape index (κ1) is 19.9. The minimum atomic E-state index is 0.199. The van der Waals surface area contributed by atoms with E-state index in [-0.39, 0.29) is 5.41 Å². The molecular weight excluding hydrogens is 416 g/mol. The van der Waals surface area contributed by atoms with Gasteiger partial charge in [-0.2, -0.15) is 0 Å². The first-order valence-corrected chi connectivity index (χ1v) is 12.2. The number of ether oxygens (including phenoxy) is 1. The number of aryl methyl sites for hydroxylation is 1. The van der Waals surface area contributed by atoms with E-state index in [4.69, 9.17) is 4.74 Å². The lowest BCUT2D eigenvalue weighted by atomic mass is 9.88. The Hall–Kier alpha value is -3.56. The number of fused-ring (bicyclic) bond motifs is 5. The van der Waals surface area contributed by atoms with Crippen molar-refractivity contribution in [3.63, 3.8) is 0 Å². The fourth-order valence-electron chi connectivity index (χ4n) is 5.82. The first-order chi connectivity index (χ1) is 16.7. The Bertz CT molecular complexity index is 1560. The van der Waals surface area contributed by atoms with Crippen LogP contribution in [0, 0.1) is 5.41 Å². The SMILES string of the molecule is CC1(Cn2c3ccccc3c3ccc(-c4cccc5c4CCc4ccccc4N5)cc32)COC1. The number of para-hydroxylation sites is 2. The van der Waals surface area contributed by atoms with Crippen molar-refractivity contribution >= 4 is 33.2 Å². The lowest BCUT2D eigenvalue weighted by molar-refractivity contribution is -0.109. The Morgan fingerprint density at radius 2 is 1.59 bits per heavy atom. The summed E-state index contributed by atoms with van der Waals surface area (Å²) in [4.78, 5) is 0. The maximum Gasteiger partial charge on any atom is 0.0559 e. The predicted octanol–water partition coefficient (Wildman–Crippen LogP) is 7.34. The number of rotatable bonds is 3. The molecule has 5 aromatic rings. The van der Waals surface area contributed by atoms with Crippen LogP contribution in [0.25, 0.3) is 32.9 Å². The Labute approximate surface area is 200 Å². The molecule has 2 aliphatic rings. The van der Waals surface area contributed by atoms with Crippen molar-refractivity contribution in [2.75, 3.05) is 18.5 Å². The molecule has 0 amide bonds. The van der Waals surface area contributed by atoms with Gasteiger partial charge in [0.2, 0.25) is 0 Å². The third kappa shape index (κ3) is 3.08. The molecule has 34 heavy (non-hydrogen) atoms. The van der Waals surface area contributed by atoms with Gasteiger partial charge in [0.05, 0.1) is 13.2 Å². The van der Waals surface area contributed by atoms with Gasteiger partial charge in [-0.3, -0.25) is 0 Å². The van der Waals surface area contributed by atoms with Crippen LogP contribution in [0.15, 0.2) is 84.9 Å². The molecular formula is C31H28N2O. The number of hydrogen-bond donors (Lipinski definition) is 1. The Morgan fingerprint density at radius 1 is 0.794 bits per heavy atom. The molecule has 4 aromatic carbocycles. The van der Waals surface area contributed by atoms with Crippen molar-refractivity contribution < 1.29 is 4.74 Å². The van der Waals surface area contributed by atoms with Gasteiger partial charge in [-0.25, -0.2) is 0 Å². The number of aromatic nitrogens is 1. The summed E-state index contributed by atoms with van der Waals surface area (Å²) in [7, 11) is 0. The summed E-state index contributed by atoms with van der Waals surface area (Å²) in [5.74, 6) is 0. The molecule has 0 bridgehead atoms. The highest BCUT2D eigenvalue weighted by Crippen LogP contribution is 2.40. The van der Waals surface area contributed by atoms with E-state index < -0.39 is 0 Å². The van der Waals surface area contributed by atoms with Crippen LogP contribution >= 0.6 is 0 Å². The van der Waals surface area contributed by atoms with Crippen LogP contribution in [-0.4, -0.2) is 17.8 Å². The Morgan fingerprint density at radius 3 is 2.47 bits per heavy atom. The van der Waals surface area contributed by atoms with E-state index in [2.05, 4.69) is 102 Å². The van der Waals surface area contributed by atoms with E-state index in [1.54, 1.807) is 0 Å². The second-order valence-corrected chi connectivity index (χ2v) is 10.3. The van der Waals surface area contributed by atoms with Gasteiger partial charge in [0, 0.05) is 45.1 Å². The van der Waals surface area contributed by atoms with Crippen molar-refractivity contribution in [2.45, 2.75) is 26.3 Å². The van der Waals surface area contributed by atoms with Crippen molar-refractivity contribution in [3.8, 4) is 11.1 Å². The van der Waals surface area contributed by atoms with Crippen molar-refractivity contribution in [2.24, 2.45) is 5.41 Å². The molecule has 3 nitrogen and oxygen atoms in total. The third-order valence-corrected chi connectivity index (χ3v) is 7.63. The van der Waals surface area contributed by atoms with Gasteiger partial charge < -0.3 is 14.6 Å². The summed E-state index contributed by atoms with van der Waals surface area (Å²) in [6.07, 6.45) is 2.08. The standard InChI is InChI=1S/C31H28N2O/c1-31(19-34-20-31)18-33-29-12-5-3-8-25(29)26-16-14-22(17-30(26)33)23-9-6-11-28-24(23)15-13-21-7-2-4-10-27(21)32-28/h2-12,14,16-17,32H,13,15,18-20H2,1H3. The van der Waals surface area contributed by atoms with E-state index in [0.717, 1.165) is 32.6 Å².